The summed E-state index contributed by atoms with van der Waals surface area (Å²) < 4.78 is 0. The van der Waals surface area contributed by atoms with Crippen LogP contribution < -0.4 is 5.73 Å². The number of amides is 1. The van der Waals surface area contributed by atoms with Crippen molar-refractivity contribution in [2.24, 2.45) is 17.6 Å². The monoisotopic (exact) mass is 226 g/mol. The van der Waals surface area contributed by atoms with E-state index >= 15 is 0 Å². The van der Waals surface area contributed by atoms with Crippen molar-refractivity contribution in [2.45, 2.75) is 52.5 Å². The fourth-order valence-corrected chi connectivity index (χ4v) is 2.66. The molecule has 1 aliphatic rings. The molecule has 0 aromatic rings. The number of nitrogens with zero attached hydrogens (tertiary/aromatic N) is 1. The summed E-state index contributed by atoms with van der Waals surface area (Å²) in [4.78, 5) is 14.3. The third-order valence-electron chi connectivity index (χ3n) is 3.69. The molecule has 1 rings (SSSR count). The second-order valence-electron chi connectivity index (χ2n) is 5.23. The third-order valence-corrected chi connectivity index (χ3v) is 3.69. The SMILES string of the molecule is CCCC(CN)C(=O)N1CCC(C)CC1C. The second kappa shape index (κ2) is 6.24. The summed E-state index contributed by atoms with van der Waals surface area (Å²) in [5.74, 6) is 1.08. The molecule has 1 heterocycles. The molecule has 1 aliphatic heterocycles. The van der Waals surface area contributed by atoms with Crippen LogP contribution >= 0.6 is 0 Å². The predicted molar refractivity (Wildman–Crippen MR) is 67.0 cm³/mol. The van der Waals surface area contributed by atoms with Crippen LogP contribution in [0.15, 0.2) is 0 Å². The Balaban J connectivity index is 2.58. The number of rotatable bonds is 4. The molecule has 3 nitrogen and oxygen atoms in total. The Morgan fingerprint density at radius 2 is 2.19 bits per heavy atom. The summed E-state index contributed by atoms with van der Waals surface area (Å²) in [7, 11) is 0. The van der Waals surface area contributed by atoms with E-state index in [0.717, 1.165) is 38.1 Å². The molecule has 0 aromatic carbocycles. The lowest BCUT2D eigenvalue weighted by Gasteiger charge is -2.38. The largest absolute Gasteiger partial charge is 0.340 e. The molecule has 0 bridgehead atoms. The van der Waals surface area contributed by atoms with Gasteiger partial charge in [0.05, 0.1) is 5.92 Å². The fourth-order valence-electron chi connectivity index (χ4n) is 2.66. The van der Waals surface area contributed by atoms with Gasteiger partial charge in [-0.3, -0.25) is 4.79 Å². The zero-order valence-electron chi connectivity index (χ0n) is 10.9. The molecule has 2 N–H and O–H groups in total. The number of hydrogen-bond donors (Lipinski definition) is 1. The smallest absolute Gasteiger partial charge is 0.227 e. The summed E-state index contributed by atoms with van der Waals surface area (Å²) in [6.07, 6.45) is 4.23. The molecule has 0 aliphatic carbocycles. The van der Waals surface area contributed by atoms with Crippen LogP contribution in [-0.2, 0) is 4.79 Å². The quantitative estimate of drug-likeness (QED) is 0.797. The molecule has 1 saturated heterocycles. The molecule has 94 valence electrons. The minimum Gasteiger partial charge on any atom is -0.340 e. The van der Waals surface area contributed by atoms with E-state index in [1.807, 2.05) is 4.90 Å². The van der Waals surface area contributed by atoms with Gasteiger partial charge in [-0.05, 0) is 32.1 Å². The van der Waals surface area contributed by atoms with E-state index in [4.69, 9.17) is 5.73 Å². The number of piperidine rings is 1. The van der Waals surface area contributed by atoms with Crippen molar-refractivity contribution < 1.29 is 4.79 Å². The van der Waals surface area contributed by atoms with Crippen LogP contribution in [0.4, 0.5) is 0 Å². The molecule has 0 aromatic heterocycles. The zero-order valence-corrected chi connectivity index (χ0v) is 10.9. The highest BCUT2D eigenvalue weighted by Gasteiger charge is 2.30. The van der Waals surface area contributed by atoms with Crippen LogP contribution in [0.25, 0.3) is 0 Å². The Morgan fingerprint density at radius 1 is 1.50 bits per heavy atom. The molecule has 0 spiro atoms. The Kier molecular flexibility index (Phi) is 5.26. The summed E-state index contributed by atoms with van der Waals surface area (Å²) in [5, 5.41) is 0. The van der Waals surface area contributed by atoms with Crippen molar-refractivity contribution in [1.29, 1.82) is 0 Å². The van der Waals surface area contributed by atoms with Crippen LogP contribution in [0.1, 0.15) is 46.5 Å². The van der Waals surface area contributed by atoms with Crippen molar-refractivity contribution in [1.82, 2.24) is 4.90 Å². The van der Waals surface area contributed by atoms with Crippen molar-refractivity contribution in [3.63, 3.8) is 0 Å². The van der Waals surface area contributed by atoms with E-state index in [9.17, 15) is 4.79 Å². The summed E-state index contributed by atoms with van der Waals surface area (Å²) >= 11 is 0. The Bertz CT molecular complexity index is 230. The summed E-state index contributed by atoms with van der Waals surface area (Å²) in [6, 6.07) is 0.391. The van der Waals surface area contributed by atoms with Gasteiger partial charge in [0.25, 0.3) is 0 Å². The third kappa shape index (κ3) is 3.21. The maximum atomic E-state index is 12.3. The lowest BCUT2D eigenvalue weighted by molar-refractivity contribution is -0.139. The first-order chi connectivity index (χ1) is 7.60. The van der Waals surface area contributed by atoms with E-state index in [2.05, 4.69) is 20.8 Å². The minimum atomic E-state index is 0.0425. The average molecular weight is 226 g/mol. The van der Waals surface area contributed by atoms with Crippen molar-refractivity contribution >= 4 is 5.91 Å². The predicted octanol–water partition coefficient (Wildman–Crippen LogP) is 2.01. The molecule has 3 atom stereocenters. The fraction of sp³-hybridized carbons (Fsp3) is 0.923. The summed E-state index contributed by atoms with van der Waals surface area (Å²) in [5.41, 5.74) is 5.69. The molecular weight excluding hydrogens is 200 g/mol. The van der Waals surface area contributed by atoms with Crippen LogP contribution in [0.2, 0.25) is 0 Å². The standard InChI is InChI=1S/C13H26N2O/c1-4-5-12(9-14)13(16)15-7-6-10(2)8-11(15)3/h10-12H,4-9,14H2,1-3H3. The molecule has 0 saturated carbocycles. The van der Waals surface area contributed by atoms with E-state index in [1.54, 1.807) is 0 Å². The minimum absolute atomic E-state index is 0.0425. The van der Waals surface area contributed by atoms with Crippen LogP contribution in [0.3, 0.4) is 0 Å². The molecule has 0 radical (unpaired) electrons. The first kappa shape index (κ1) is 13.5. The summed E-state index contributed by atoms with van der Waals surface area (Å²) in [6.45, 7) is 7.95. The highest BCUT2D eigenvalue weighted by Crippen LogP contribution is 2.24. The second-order valence-corrected chi connectivity index (χ2v) is 5.23. The molecule has 1 fully saturated rings. The van der Waals surface area contributed by atoms with Crippen molar-refractivity contribution in [3.8, 4) is 0 Å². The number of nitrogens with two attached hydrogens (primary N) is 1. The number of hydrogen-bond acceptors (Lipinski definition) is 2. The van der Waals surface area contributed by atoms with Crippen LogP contribution in [0.5, 0.6) is 0 Å². The highest BCUT2D eigenvalue weighted by atomic mass is 16.2. The maximum Gasteiger partial charge on any atom is 0.227 e. The topological polar surface area (TPSA) is 46.3 Å². The average Bonchev–Trinajstić information content (AvgIpc) is 2.25. The first-order valence-electron chi connectivity index (χ1n) is 6.60. The lowest BCUT2D eigenvalue weighted by atomic mass is 9.91. The van der Waals surface area contributed by atoms with Crippen molar-refractivity contribution in [2.75, 3.05) is 13.1 Å². The molecule has 16 heavy (non-hydrogen) atoms. The van der Waals surface area contributed by atoms with E-state index in [0.29, 0.717) is 12.6 Å². The molecule has 1 amide bonds. The zero-order chi connectivity index (χ0) is 12.1. The van der Waals surface area contributed by atoms with E-state index in [1.165, 1.54) is 0 Å². The van der Waals surface area contributed by atoms with Gasteiger partial charge in [-0.2, -0.15) is 0 Å². The van der Waals surface area contributed by atoms with E-state index < -0.39 is 0 Å². The van der Waals surface area contributed by atoms with E-state index in [-0.39, 0.29) is 11.8 Å². The number of likely N-dealkylation sites (tertiary alicyclic amines) is 1. The Labute approximate surface area is 99.4 Å². The number of carbonyl (C=O) groups excluding carboxylic acids is 1. The van der Waals surface area contributed by atoms with Gasteiger partial charge in [0, 0.05) is 19.1 Å². The normalized spacial score (nSPS) is 27.9. The van der Waals surface area contributed by atoms with Gasteiger partial charge in [0.1, 0.15) is 0 Å². The Hall–Kier alpha value is -0.570. The first-order valence-corrected chi connectivity index (χ1v) is 6.60. The van der Waals surface area contributed by atoms with Gasteiger partial charge in [0.2, 0.25) is 5.91 Å². The number of carbonyl (C=O) groups is 1. The van der Waals surface area contributed by atoms with Gasteiger partial charge in [-0.25, -0.2) is 0 Å². The van der Waals surface area contributed by atoms with Gasteiger partial charge < -0.3 is 10.6 Å². The molecular formula is C13H26N2O. The van der Waals surface area contributed by atoms with Crippen LogP contribution in [0, 0.1) is 11.8 Å². The highest BCUT2D eigenvalue weighted by molar-refractivity contribution is 5.79. The maximum absolute atomic E-state index is 12.3. The van der Waals surface area contributed by atoms with Gasteiger partial charge in [0.15, 0.2) is 0 Å². The van der Waals surface area contributed by atoms with Gasteiger partial charge in [-0.15, -0.1) is 0 Å². The molecule has 3 unspecified atom stereocenters. The van der Waals surface area contributed by atoms with Crippen molar-refractivity contribution in [3.05, 3.63) is 0 Å². The van der Waals surface area contributed by atoms with Gasteiger partial charge >= 0.3 is 0 Å². The van der Waals surface area contributed by atoms with Crippen LogP contribution in [-0.4, -0.2) is 29.9 Å². The van der Waals surface area contributed by atoms with Gasteiger partial charge in [-0.1, -0.05) is 20.3 Å². The Morgan fingerprint density at radius 3 is 2.69 bits per heavy atom. The molecule has 3 heteroatoms. The lowest BCUT2D eigenvalue weighted by Crippen LogP contribution is -2.48.